The highest BCUT2D eigenvalue weighted by atomic mass is 32.2. The molecule has 1 N–H and O–H groups in total. The molecule has 0 bridgehead atoms. The van der Waals surface area contributed by atoms with E-state index in [1.54, 1.807) is 0 Å². The first-order valence-electron chi connectivity index (χ1n) is 5.66. The minimum atomic E-state index is 0.625. The Hall–Kier alpha value is 0.170. The average Bonchev–Trinajstić information content (AvgIpc) is 2.66. The van der Waals surface area contributed by atoms with Crippen LogP contribution in [0.1, 0.15) is 26.7 Å². The van der Waals surface area contributed by atoms with Crippen molar-refractivity contribution in [2.45, 2.75) is 32.7 Å². The highest BCUT2D eigenvalue weighted by Crippen LogP contribution is 2.19. The van der Waals surface area contributed by atoms with Gasteiger partial charge in [-0.15, -0.1) is 0 Å². The van der Waals surface area contributed by atoms with Crippen LogP contribution in [-0.2, 0) is 0 Å². The SMILES string of the molecule is CSCCCCN=C1NC(C(C)C)CS1. The van der Waals surface area contributed by atoms with Gasteiger partial charge in [-0.2, -0.15) is 11.8 Å². The van der Waals surface area contributed by atoms with Gasteiger partial charge in [0.05, 0.1) is 0 Å². The number of thioether (sulfide) groups is 2. The fraction of sp³-hybridized carbons (Fsp3) is 0.909. The Labute approximate surface area is 102 Å². The van der Waals surface area contributed by atoms with Crippen molar-refractivity contribution in [3.05, 3.63) is 0 Å². The molecule has 1 aliphatic heterocycles. The molecule has 0 spiro atoms. The van der Waals surface area contributed by atoms with Gasteiger partial charge in [-0.1, -0.05) is 25.6 Å². The molecule has 0 aromatic carbocycles. The third kappa shape index (κ3) is 5.16. The zero-order valence-corrected chi connectivity index (χ0v) is 11.6. The summed E-state index contributed by atoms with van der Waals surface area (Å²) in [4.78, 5) is 4.59. The van der Waals surface area contributed by atoms with Crippen LogP contribution in [0.5, 0.6) is 0 Å². The van der Waals surface area contributed by atoms with E-state index in [4.69, 9.17) is 0 Å². The van der Waals surface area contributed by atoms with Crippen LogP contribution in [0.4, 0.5) is 0 Å². The smallest absolute Gasteiger partial charge is 0.156 e. The minimum Gasteiger partial charge on any atom is -0.361 e. The monoisotopic (exact) mass is 246 g/mol. The molecule has 15 heavy (non-hydrogen) atoms. The summed E-state index contributed by atoms with van der Waals surface area (Å²) in [5, 5.41) is 4.65. The molecule has 1 unspecified atom stereocenters. The van der Waals surface area contributed by atoms with Crippen LogP contribution in [0.15, 0.2) is 4.99 Å². The lowest BCUT2D eigenvalue weighted by molar-refractivity contribution is 0.503. The van der Waals surface area contributed by atoms with Gasteiger partial charge in [0, 0.05) is 18.3 Å². The molecule has 1 saturated heterocycles. The second kappa shape index (κ2) is 7.44. The van der Waals surface area contributed by atoms with Gasteiger partial charge in [-0.05, 0) is 30.8 Å². The molecule has 1 heterocycles. The number of nitrogens with one attached hydrogen (secondary N) is 1. The van der Waals surface area contributed by atoms with Crippen molar-refractivity contribution in [1.29, 1.82) is 0 Å². The molecule has 4 heteroatoms. The van der Waals surface area contributed by atoms with Gasteiger partial charge in [0.2, 0.25) is 0 Å². The predicted molar refractivity (Wildman–Crippen MR) is 74.1 cm³/mol. The Morgan fingerprint density at radius 1 is 1.53 bits per heavy atom. The summed E-state index contributed by atoms with van der Waals surface area (Å²) < 4.78 is 0. The maximum Gasteiger partial charge on any atom is 0.156 e. The number of rotatable bonds is 6. The number of nitrogens with zero attached hydrogens (tertiary/aromatic N) is 1. The highest BCUT2D eigenvalue weighted by Gasteiger charge is 2.22. The number of hydrogen-bond acceptors (Lipinski definition) is 3. The molecule has 88 valence electrons. The number of aliphatic imine (C=N–C) groups is 1. The van der Waals surface area contributed by atoms with Gasteiger partial charge in [-0.3, -0.25) is 4.99 Å². The van der Waals surface area contributed by atoms with Gasteiger partial charge in [0.15, 0.2) is 5.17 Å². The number of unbranched alkanes of at least 4 members (excludes halogenated alkanes) is 1. The third-order valence-electron chi connectivity index (χ3n) is 2.53. The van der Waals surface area contributed by atoms with Crippen LogP contribution in [0.3, 0.4) is 0 Å². The topological polar surface area (TPSA) is 24.4 Å². The summed E-state index contributed by atoms with van der Waals surface area (Å²) in [5.41, 5.74) is 0. The Balaban J connectivity index is 2.13. The fourth-order valence-corrected chi connectivity index (χ4v) is 3.12. The zero-order valence-electron chi connectivity index (χ0n) is 9.95. The Kier molecular flexibility index (Phi) is 6.57. The van der Waals surface area contributed by atoms with E-state index in [2.05, 4.69) is 30.4 Å². The van der Waals surface area contributed by atoms with E-state index >= 15 is 0 Å². The third-order valence-corrected chi connectivity index (χ3v) is 4.27. The first-order valence-corrected chi connectivity index (χ1v) is 8.04. The first kappa shape index (κ1) is 13.2. The van der Waals surface area contributed by atoms with Gasteiger partial charge in [-0.25, -0.2) is 0 Å². The van der Waals surface area contributed by atoms with Crippen molar-refractivity contribution >= 4 is 28.7 Å². The highest BCUT2D eigenvalue weighted by molar-refractivity contribution is 8.14. The molecule has 1 rings (SSSR count). The van der Waals surface area contributed by atoms with Crippen molar-refractivity contribution < 1.29 is 0 Å². The molecule has 0 radical (unpaired) electrons. The van der Waals surface area contributed by atoms with Crippen LogP contribution in [0, 0.1) is 5.92 Å². The van der Waals surface area contributed by atoms with Crippen molar-refractivity contribution in [1.82, 2.24) is 5.32 Å². The van der Waals surface area contributed by atoms with Gasteiger partial charge < -0.3 is 5.32 Å². The standard InChI is InChI=1S/C11H22N2S2/c1-9(2)10-8-15-11(13-10)12-6-4-5-7-14-3/h9-10H,4-8H2,1-3H3,(H,12,13). The lowest BCUT2D eigenvalue weighted by Gasteiger charge is -2.12. The van der Waals surface area contributed by atoms with Crippen LogP contribution >= 0.6 is 23.5 Å². The predicted octanol–water partition coefficient (Wildman–Crippen LogP) is 2.85. The molecule has 0 aromatic rings. The van der Waals surface area contributed by atoms with E-state index in [-0.39, 0.29) is 0 Å². The van der Waals surface area contributed by atoms with E-state index in [1.165, 1.54) is 24.3 Å². The molecular formula is C11H22N2S2. The Morgan fingerprint density at radius 3 is 2.93 bits per heavy atom. The Bertz CT molecular complexity index is 205. The molecule has 0 amide bonds. The maximum atomic E-state index is 4.59. The molecule has 0 saturated carbocycles. The summed E-state index contributed by atoms with van der Waals surface area (Å²) in [7, 11) is 0. The lowest BCUT2D eigenvalue weighted by Crippen LogP contribution is -2.31. The second-order valence-corrected chi connectivity index (χ2v) is 6.19. The van der Waals surface area contributed by atoms with Crippen LogP contribution in [0.2, 0.25) is 0 Å². The second-order valence-electron chi connectivity index (χ2n) is 4.19. The van der Waals surface area contributed by atoms with Crippen LogP contribution < -0.4 is 5.32 Å². The summed E-state index contributed by atoms with van der Waals surface area (Å²) in [5.74, 6) is 3.16. The fourth-order valence-electron chi connectivity index (χ4n) is 1.40. The zero-order chi connectivity index (χ0) is 11.1. The van der Waals surface area contributed by atoms with E-state index in [1.807, 2.05) is 23.5 Å². The lowest BCUT2D eigenvalue weighted by atomic mass is 10.1. The first-order chi connectivity index (χ1) is 7.24. The Morgan fingerprint density at radius 2 is 2.33 bits per heavy atom. The van der Waals surface area contributed by atoms with Crippen LogP contribution in [-0.4, -0.2) is 35.5 Å². The summed E-state index contributed by atoms with van der Waals surface area (Å²) in [6.45, 7) is 5.51. The molecule has 1 aliphatic rings. The summed E-state index contributed by atoms with van der Waals surface area (Å²) in [6, 6.07) is 0.625. The summed E-state index contributed by atoms with van der Waals surface area (Å²) in [6.07, 6.45) is 4.67. The molecule has 1 fully saturated rings. The molecule has 0 aromatic heterocycles. The average molecular weight is 246 g/mol. The molecule has 2 nitrogen and oxygen atoms in total. The van der Waals surface area contributed by atoms with Crippen LogP contribution in [0.25, 0.3) is 0 Å². The normalized spacial score (nSPS) is 23.7. The van der Waals surface area contributed by atoms with Crippen molar-refractivity contribution in [2.24, 2.45) is 10.9 Å². The van der Waals surface area contributed by atoms with Gasteiger partial charge in [0.25, 0.3) is 0 Å². The summed E-state index contributed by atoms with van der Waals surface area (Å²) >= 11 is 3.80. The molecule has 0 aliphatic carbocycles. The number of hydrogen-bond donors (Lipinski definition) is 1. The van der Waals surface area contributed by atoms with E-state index in [9.17, 15) is 0 Å². The minimum absolute atomic E-state index is 0.625. The molecule has 1 atom stereocenters. The van der Waals surface area contributed by atoms with E-state index in [0.717, 1.165) is 11.7 Å². The van der Waals surface area contributed by atoms with Crippen molar-refractivity contribution in [2.75, 3.05) is 24.3 Å². The number of amidine groups is 1. The van der Waals surface area contributed by atoms with E-state index in [0.29, 0.717) is 12.0 Å². The van der Waals surface area contributed by atoms with Gasteiger partial charge in [0.1, 0.15) is 0 Å². The quantitative estimate of drug-likeness (QED) is 0.729. The van der Waals surface area contributed by atoms with Crippen molar-refractivity contribution in [3.8, 4) is 0 Å². The molecular weight excluding hydrogens is 224 g/mol. The largest absolute Gasteiger partial charge is 0.361 e. The van der Waals surface area contributed by atoms with E-state index < -0.39 is 0 Å². The van der Waals surface area contributed by atoms with Gasteiger partial charge >= 0.3 is 0 Å². The maximum absolute atomic E-state index is 4.59. The van der Waals surface area contributed by atoms with Crippen molar-refractivity contribution in [3.63, 3.8) is 0 Å².